The lowest BCUT2D eigenvalue weighted by molar-refractivity contribution is -0.251. The van der Waals surface area contributed by atoms with E-state index in [1.54, 1.807) is 12.2 Å². The Morgan fingerprint density at radius 3 is 2.82 bits per heavy atom. The van der Waals surface area contributed by atoms with Crippen molar-refractivity contribution in [1.29, 1.82) is 0 Å². The molecular formula is C27H35NO6. The quantitative estimate of drug-likeness (QED) is 0.636. The number of allylic oxidation sites excluding steroid dienone is 4. The standard InChI is InChI=1S/C27H35NO6/c1-15(29)33-14-23(32)27-20(21-5-4-10-28(21)34-27)12-19-18-7-6-16-11-17(30)8-9-25(16,2)24(18)22(31)13-26(19,27)3/h8-9,11,18-22,24,31H,4-7,10,12-14H2,1-3H3/t18-,19-,20-,21?,22?,24+,25-,26-,27-/m0/s1. The number of ether oxygens (including phenoxy) is 1. The van der Waals surface area contributed by atoms with Gasteiger partial charge in [0.2, 0.25) is 5.78 Å². The Morgan fingerprint density at radius 1 is 1.26 bits per heavy atom. The molecule has 0 spiro atoms. The Balaban J connectivity index is 1.41. The van der Waals surface area contributed by atoms with Crippen LogP contribution in [0.1, 0.15) is 59.3 Å². The summed E-state index contributed by atoms with van der Waals surface area (Å²) in [5, 5.41) is 13.7. The van der Waals surface area contributed by atoms with Gasteiger partial charge in [0.05, 0.1) is 6.10 Å². The van der Waals surface area contributed by atoms with E-state index >= 15 is 0 Å². The fourth-order valence-corrected chi connectivity index (χ4v) is 9.31. The van der Waals surface area contributed by atoms with Crippen molar-refractivity contribution in [2.45, 2.75) is 77.0 Å². The van der Waals surface area contributed by atoms with E-state index in [0.717, 1.165) is 44.2 Å². The highest BCUT2D eigenvalue weighted by atomic mass is 16.7. The SMILES string of the molecule is CC(=O)OCC(=O)[C@@]12ON3CCCC3[C@@H]1C[C@H]1[C@@H]3CCC4=CC(=O)C=C[C@]4(C)[C@H]3C(O)C[C@@]12C. The number of rotatable bonds is 3. The molecule has 2 unspecified atom stereocenters. The molecule has 7 nitrogen and oxygen atoms in total. The summed E-state index contributed by atoms with van der Waals surface area (Å²) < 4.78 is 5.20. The Labute approximate surface area is 200 Å². The van der Waals surface area contributed by atoms with Crippen LogP contribution in [-0.2, 0) is 24.0 Å². The Bertz CT molecular complexity index is 1020. The topological polar surface area (TPSA) is 93.1 Å². The molecule has 0 bridgehead atoms. The van der Waals surface area contributed by atoms with E-state index in [1.165, 1.54) is 6.92 Å². The zero-order valence-corrected chi connectivity index (χ0v) is 20.3. The number of aliphatic hydroxyl groups excluding tert-OH is 1. The summed E-state index contributed by atoms with van der Waals surface area (Å²) in [6.45, 7) is 6.15. The molecule has 2 saturated heterocycles. The van der Waals surface area contributed by atoms with Gasteiger partial charge < -0.3 is 9.84 Å². The van der Waals surface area contributed by atoms with E-state index < -0.39 is 23.1 Å². The van der Waals surface area contributed by atoms with Crippen LogP contribution in [0.25, 0.3) is 0 Å². The summed E-state index contributed by atoms with van der Waals surface area (Å²) in [6.07, 6.45) is 9.96. The molecular weight excluding hydrogens is 434 g/mol. The van der Waals surface area contributed by atoms with Gasteiger partial charge in [-0.25, -0.2) is 0 Å². The molecule has 9 atom stereocenters. The fraction of sp³-hybridized carbons (Fsp3) is 0.741. The maximum absolute atomic E-state index is 13.9. The summed E-state index contributed by atoms with van der Waals surface area (Å²) in [6, 6.07) is 0.195. The average Bonchev–Trinajstić information content (AvgIpc) is 3.41. The van der Waals surface area contributed by atoms with Crippen molar-refractivity contribution in [1.82, 2.24) is 5.06 Å². The van der Waals surface area contributed by atoms with E-state index in [4.69, 9.17) is 9.57 Å². The third-order valence-electron chi connectivity index (χ3n) is 10.6. The van der Waals surface area contributed by atoms with Crippen LogP contribution in [0.3, 0.4) is 0 Å². The van der Waals surface area contributed by atoms with Crippen LogP contribution >= 0.6 is 0 Å². The minimum absolute atomic E-state index is 0.00838. The molecule has 184 valence electrons. The lowest BCUT2D eigenvalue weighted by atomic mass is 9.46. The number of nitrogens with zero attached hydrogens (tertiary/aromatic N) is 1. The molecule has 0 amide bonds. The number of carbonyl (C=O) groups is 3. The zero-order valence-electron chi connectivity index (χ0n) is 20.3. The molecule has 4 aliphatic carbocycles. The third kappa shape index (κ3) is 2.72. The van der Waals surface area contributed by atoms with Gasteiger partial charge >= 0.3 is 5.97 Å². The van der Waals surface area contributed by atoms with Gasteiger partial charge in [0.25, 0.3) is 0 Å². The predicted molar refractivity (Wildman–Crippen MR) is 122 cm³/mol. The highest BCUT2D eigenvalue weighted by molar-refractivity contribution is 6.01. The minimum Gasteiger partial charge on any atom is -0.458 e. The van der Waals surface area contributed by atoms with Crippen LogP contribution in [0.4, 0.5) is 0 Å². The van der Waals surface area contributed by atoms with Crippen LogP contribution < -0.4 is 0 Å². The van der Waals surface area contributed by atoms with Gasteiger partial charge in [-0.05, 0) is 62.5 Å². The minimum atomic E-state index is -1.07. The van der Waals surface area contributed by atoms with Crippen LogP contribution in [-0.4, -0.2) is 58.6 Å². The number of ketones is 2. The van der Waals surface area contributed by atoms with Crippen molar-refractivity contribution < 1.29 is 29.1 Å². The Morgan fingerprint density at radius 2 is 2.06 bits per heavy atom. The van der Waals surface area contributed by atoms with E-state index in [1.807, 2.05) is 11.1 Å². The van der Waals surface area contributed by atoms with E-state index in [9.17, 15) is 19.5 Å². The first-order valence-corrected chi connectivity index (χ1v) is 12.9. The monoisotopic (exact) mass is 469 g/mol. The lowest BCUT2D eigenvalue weighted by Crippen LogP contribution is -2.63. The number of esters is 1. The smallest absolute Gasteiger partial charge is 0.303 e. The number of hydrogen-bond acceptors (Lipinski definition) is 7. The number of hydrogen-bond donors (Lipinski definition) is 1. The number of hydroxylamine groups is 2. The average molecular weight is 470 g/mol. The second kappa shape index (κ2) is 7.34. The largest absolute Gasteiger partial charge is 0.458 e. The molecule has 34 heavy (non-hydrogen) atoms. The number of aliphatic hydroxyl groups is 1. The van der Waals surface area contributed by atoms with Crippen LogP contribution in [0, 0.1) is 34.5 Å². The van der Waals surface area contributed by atoms with Gasteiger partial charge in [-0.3, -0.25) is 19.2 Å². The molecule has 5 fully saturated rings. The van der Waals surface area contributed by atoms with Crippen LogP contribution in [0.15, 0.2) is 23.8 Å². The summed E-state index contributed by atoms with van der Waals surface area (Å²) in [5.41, 5.74) is -0.837. The van der Waals surface area contributed by atoms with Crippen LogP contribution in [0.2, 0.25) is 0 Å². The summed E-state index contributed by atoms with van der Waals surface area (Å²) in [5.74, 6) is -0.108. The van der Waals surface area contributed by atoms with Gasteiger partial charge in [-0.15, -0.1) is 0 Å². The van der Waals surface area contributed by atoms with Crippen LogP contribution in [0.5, 0.6) is 0 Å². The van der Waals surface area contributed by atoms with Crippen molar-refractivity contribution in [3.63, 3.8) is 0 Å². The maximum Gasteiger partial charge on any atom is 0.303 e. The van der Waals surface area contributed by atoms with Crippen molar-refractivity contribution >= 4 is 17.5 Å². The molecule has 0 aromatic rings. The van der Waals surface area contributed by atoms with E-state index in [0.29, 0.717) is 6.42 Å². The molecule has 2 heterocycles. The summed E-state index contributed by atoms with van der Waals surface area (Å²) >= 11 is 0. The zero-order chi connectivity index (χ0) is 24.0. The number of carbonyl (C=O) groups excluding carboxylic acids is 3. The highest BCUT2D eigenvalue weighted by Gasteiger charge is 2.77. The van der Waals surface area contributed by atoms with E-state index in [-0.39, 0.29) is 53.3 Å². The van der Waals surface area contributed by atoms with E-state index in [2.05, 4.69) is 13.8 Å². The van der Waals surface area contributed by atoms with Crippen molar-refractivity contribution in [3.05, 3.63) is 23.8 Å². The summed E-state index contributed by atoms with van der Waals surface area (Å²) in [4.78, 5) is 44.1. The normalized spacial score (nSPS) is 48.9. The molecule has 0 radical (unpaired) electrons. The number of Topliss-reactive ketones (excluding diaryl/α,β-unsaturated/α-hetero) is 1. The Hall–Kier alpha value is -1.83. The molecule has 0 aromatic heterocycles. The first-order chi connectivity index (χ1) is 16.1. The fourth-order valence-electron chi connectivity index (χ4n) is 9.31. The van der Waals surface area contributed by atoms with Crippen molar-refractivity contribution in [3.8, 4) is 0 Å². The van der Waals surface area contributed by atoms with Gasteiger partial charge in [-0.2, -0.15) is 5.06 Å². The van der Waals surface area contributed by atoms with Gasteiger partial charge in [0, 0.05) is 42.2 Å². The first-order valence-electron chi connectivity index (χ1n) is 12.9. The molecule has 6 aliphatic rings. The molecule has 1 N–H and O–H groups in total. The predicted octanol–water partition coefficient (Wildman–Crippen LogP) is 2.77. The molecule has 2 aliphatic heterocycles. The molecule has 3 saturated carbocycles. The first kappa shape index (κ1) is 22.6. The van der Waals surface area contributed by atoms with Crippen molar-refractivity contribution in [2.24, 2.45) is 34.5 Å². The van der Waals surface area contributed by atoms with Gasteiger partial charge in [0.15, 0.2) is 18.0 Å². The molecule has 7 heteroatoms. The second-order valence-electron chi connectivity index (χ2n) is 11.9. The molecule has 0 aromatic carbocycles. The Kier molecular flexibility index (Phi) is 4.88. The van der Waals surface area contributed by atoms with Gasteiger partial charge in [-0.1, -0.05) is 25.5 Å². The lowest BCUT2D eigenvalue weighted by Gasteiger charge is -2.59. The summed E-state index contributed by atoms with van der Waals surface area (Å²) in [7, 11) is 0. The third-order valence-corrected chi connectivity index (χ3v) is 10.6. The van der Waals surface area contributed by atoms with Crippen molar-refractivity contribution in [2.75, 3.05) is 13.2 Å². The maximum atomic E-state index is 13.9. The number of fused-ring (bicyclic) bond motifs is 9. The second-order valence-corrected chi connectivity index (χ2v) is 11.9. The van der Waals surface area contributed by atoms with Gasteiger partial charge in [0.1, 0.15) is 0 Å². The molecule has 6 rings (SSSR count). The highest BCUT2D eigenvalue weighted by Crippen LogP contribution is 2.72.